The van der Waals surface area contributed by atoms with Gasteiger partial charge in [-0.2, -0.15) is 12.6 Å². The molecular weight excluding hydrogens is 168 g/mol. The van der Waals surface area contributed by atoms with Crippen molar-refractivity contribution in [2.45, 2.75) is 58.0 Å². The molecule has 0 aromatic heterocycles. The summed E-state index contributed by atoms with van der Waals surface area (Å²) in [6.07, 6.45) is 6.68. The highest BCUT2D eigenvalue weighted by Crippen LogP contribution is 2.19. The van der Waals surface area contributed by atoms with E-state index >= 15 is 0 Å². The number of hydrogen-bond acceptors (Lipinski definition) is 2. The smallest absolute Gasteiger partial charge is 0.0627 e. The van der Waals surface area contributed by atoms with Crippen molar-refractivity contribution >= 4 is 12.6 Å². The molecule has 1 unspecified atom stereocenters. The van der Waals surface area contributed by atoms with Crippen LogP contribution in [-0.2, 0) is 0 Å². The molecule has 0 fully saturated rings. The Morgan fingerprint density at radius 1 is 1.17 bits per heavy atom. The molecule has 12 heavy (non-hydrogen) atoms. The normalized spacial score (nSPS) is 16.0. The molecular formula is C10H22OS. The zero-order valence-electron chi connectivity index (χ0n) is 8.34. The maximum Gasteiger partial charge on any atom is 0.0627 e. The molecule has 0 saturated carbocycles. The molecule has 0 aromatic rings. The van der Waals surface area contributed by atoms with E-state index in [9.17, 15) is 5.11 Å². The molecule has 1 nitrogen and oxygen atoms in total. The van der Waals surface area contributed by atoms with Gasteiger partial charge in [-0.25, -0.2) is 0 Å². The van der Waals surface area contributed by atoms with Crippen molar-refractivity contribution in [3.8, 4) is 0 Å². The Hall–Kier alpha value is 0.310. The Morgan fingerprint density at radius 2 is 1.83 bits per heavy atom. The number of hydrogen-bond donors (Lipinski definition) is 2. The van der Waals surface area contributed by atoms with Crippen LogP contribution in [0.5, 0.6) is 0 Å². The number of rotatable bonds is 7. The molecule has 0 radical (unpaired) electrons. The molecule has 1 atom stereocenters. The third-order valence-corrected chi connectivity index (χ3v) is 2.44. The van der Waals surface area contributed by atoms with Crippen LogP contribution in [0.25, 0.3) is 0 Å². The van der Waals surface area contributed by atoms with Gasteiger partial charge < -0.3 is 5.11 Å². The predicted molar refractivity (Wildman–Crippen MR) is 57.9 cm³/mol. The quantitative estimate of drug-likeness (QED) is 0.467. The lowest BCUT2D eigenvalue weighted by molar-refractivity contribution is 0.0455. The molecule has 74 valence electrons. The second-order valence-electron chi connectivity index (χ2n) is 3.78. The summed E-state index contributed by atoms with van der Waals surface area (Å²) in [6, 6.07) is 0. The van der Waals surface area contributed by atoms with Crippen LogP contribution in [0.2, 0.25) is 0 Å². The molecule has 2 heteroatoms. The zero-order chi connectivity index (χ0) is 9.45. The van der Waals surface area contributed by atoms with Crippen LogP contribution in [0.3, 0.4) is 0 Å². The van der Waals surface area contributed by atoms with Crippen molar-refractivity contribution in [1.82, 2.24) is 0 Å². The van der Waals surface area contributed by atoms with Gasteiger partial charge in [0.05, 0.1) is 5.60 Å². The van der Waals surface area contributed by atoms with Crippen molar-refractivity contribution in [3.63, 3.8) is 0 Å². The van der Waals surface area contributed by atoms with Crippen molar-refractivity contribution in [2.75, 3.05) is 5.75 Å². The summed E-state index contributed by atoms with van der Waals surface area (Å²) < 4.78 is 0. The van der Waals surface area contributed by atoms with E-state index in [1.54, 1.807) is 0 Å². The number of unbranched alkanes of at least 4 members (excludes halogenated alkanes) is 3. The van der Waals surface area contributed by atoms with Crippen LogP contribution >= 0.6 is 12.6 Å². The topological polar surface area (TPSA) is 20.2 Å². The van der Waals surface area contributed by atoms with Gasteiger partial charge in [-0.3, -0.25) is 0 Å². The summed E-state index contributed by atoms with van der Waals surface area (Å²) in [5, 5.41) is 9.76. The van der Waals surface area contributed by atoms with Crippen molar-refractivity contribution in [2.24, 2.45) is 0 Å². The Kier molecular flexibility index (Phi) is 6.96. The Bertz CT molecular complexity index is 102. The average Bonchev–Trinajstić information content (AvgIpc) is 1.98. The van der Waals surface area contributed by atoms with Gasteiger partial charge in [-0.15, -0.1) is 0 Å². The van der Waals surface area contributed by atoms with Gasteiger partial charge in [0.2, 0.25) is 0 Å². The summed E-state index contributed by atoms with van der Waals surface area (Å²) in [6.45, 7) is 4.11. The van der Waals surface area contributed by atoms with Gasteiger partial charge >= 0.3 is 0 Å². The molecule has 0 aliphatic carbocycles. The van der Waals surface area contributed by atoms with Gasteiger partial charge in [-0.05, 0) is 25.5 Å². The molecule has 0 aliphatic heterocycles. The summed E-state index contributed by atoms with van der Waals surface area (Å²) in [7, 11) is 0. The first-order valence-corrected chi connectivity index (χ1v) is 5.59. The van der Waals surface area contributed by atoms with E-state index in [4.69, 9.17) is 0 Å². The fourth-order valence-corrected chi connectivity index (χ4v) is 1.78. The van der Waals surface area contributed by atoms with Crippen LogP contribution in [0, 0.1) is 0 Å². The fraction of sp³-hybridized carbons (Fsp3) is 1.00. The largest absolute Gasteiger partial charge is 0.390 e. The molecule has 0 amide bonds. The minimum Gasteiger partial charge on any atom is -0.390 e. The fourth-order valence-electron chi connectivity index (χ4n) is 1.30. The summed E-state index contributed by atoms with van der Waals surface area (Å²) in [5.41, 5.74) is -0.477. The zero-order valence-corrected chi connectivity index (χ0v) is 9.24. The predicted octanol–water partition coefficient (Wildman–Crippen LogP) is 3.03. The lowest BCUT2D eigenvalue weighted by atomic mass is 9.95. The van der Waals surface area contributed by atoms with Crippen LogP contribution in [0.15, 0.2) is 0 Å². The van der Waals surface area contributed by atoms with Crippen molar-refractivity contribution < 1.29 is 5.11 Å². The third kappa shape index (κ3) is 6.99. The van der Waals surface area contributed by atoms with Crippen LogP contribution in [0.4, 0.5) is 0 Å². The Morgan fingerprint density at radius 3 is 2.33 bits per heavy atom. The minimum absolute atomic E-state index is 0.477. The van der Waals surface area contributed by atoms with E-state index in [1.165, 1.54) is 19.3 Å². The SMILES string of the molecule is CCCCCCC(C)(O)CCS. The van der Waals surface area contributed by atoms with E-state index in [-0.39, 0.29) is 0 Å². The number of thiol groups is 1. The molecule has 0 spiro atoms. The Labute approximate surface area is 82.0 Å². The molecule has 0 saturated heterocycles. The van der Waals surface area contributed by atoms with Crippen LogP contribution in [-0.4, -0.2) is 16.5 Å². The van der Waals surface area contributed by atoms with Crippen molar-refractivity contribution in [1.29, 1.82) is 0 Å². The van der Waals surface area contributed by atoms with Gasteiger partial charge in [0.1, 0.15) is 0 Å². The Balaban J connectivity index is 3.33. The highest BCUT2D eigenvalue weighted by molar-refractivity contribution is 7.80. The summed E-state index contributed by atoms with van der Waals surface area (Å²) in [4.78, 5) is 0. The van der Waals surface area contributed by atoms with Gasteiger partial charge in [0.15, 0.2) is 0 Å². The molecule has 0 rings (SSSR count). The van der Waals surface area contributed by atoms with E-state index in [0.717, 1.165) is 25.0 Å². The van der Waals surface area contributed by atoms with Crippen LogP contribution in [0.1, 0.15) is 52.4 Å². The maximum absolute atomic E-state index is 9.76. The standard InChI is InChI=1S/C10H22OS/c1-3-4-5-6-7-10(2,11)8-9-12/h11-12H,3-9H2,1-2H3. The molecule has 0 heterocycles. The molecule has 0 bridgehead atoms. The van der Waals surface area contributed by atoms with E-state index in [2.05, 4.69) is 19.6 Å². The van der Waals surface area contributed by atoms with Gasteiger partial charge in [-0.1, -0.05) is 32.6 Å². The maximum atomic E-state index is 9.76. The highest BCUT2D eigenvalue weighted by Gasteiger charge is 2.17. The van der Waals surface area contributed by atoms with E-state index < -0.39 is 5.60 Å². The average molecular weight is 190 g/mol. The van der Waals surface area contributed by atoms with E-state index in [1.807, 2.05) is 6.92 Å². The van der Waals surface area contributed by atoms with Crippen molar-refractivity contribution in [3.05, 3.63) is 0 Å². The van der Waals surface area contributed by atoms with Crippen LogP contribution < -0.4 is 0 Å². The molecule has 1 N–H and O–H groups in total. The first-order valence-electron chi connectivity index (χ1n) is 4.95. The minimum atomic E-state index is -0.477. The third-order valence-electron chi connectivity index (χ3n) is 2.22. The lowest BCUT2D eigenvalue weighted by Gasteiger charge is -2.21. The van der Waals surface area contributed by atoms with E-state index in [0.29, 0.717) is 0 Å². The van der Waals surface area contributed by atoms with Gasteiger partial charge in [0, 0.05) is 0 Å². The molecule has 0 aliphatic rings. The first-order chi connectivity index (χ1) is 5.62. The number of aliphatic hydroxyl groups is 1. The highest BCUT2D eigenvalue weighted by atomic mass is 32.1. The monoisotopic (exact) mass is 190 g/mol. The second-order valence-corrected chi connectivity index (χ2v) is 4.23. The molecule has 0 aromatic carbocycles. The lowest BCUT2D eigenvalue weighted by Crippen LogP contribution is -2.24. The summed E-state index contributed by atoms with van der Waals surface area (Å²) >= 11 is 4.12. The second kappa shape index (κ2) is 6.79. The first kappa shape index (κ1) is 12.3. The summed E-state index contributed by atoms with van der Waals surface area (Å²) in [5.74, 6) is 0.779. The van der Waals surface area contributed by atoms with Gasteiger partial charge in [0.25, 0.3) is 0 Å².